The molecule has 3 aromatic carbocycles. The topological polar surface area (TPSA) is 164 Å². The summed E-state index contributed by atoms with van der Waals surface area (Å²) in [6.45, 7) is 4.68. The zero-order valence-corrected chi connectivity index (χ0v) is 29.2. The van der Waals surface area contributed by atoms with Crippen LogP contribution >= 0.6 is 0 Å². The molecule has 5 amide bonds. The molecule has 0 radical (unpaired) electrons. The van der Waals surface area contributed by atoms with E-state index in [1.807, 2.05) is 62.4 Å². The summed E-state index contributed by atoms with van der Waals surface area (Å²) in [6.07, 6.45) is 2.39. The highest BCUT2D eigenvalue weighted by atomic mass is 16.5. The fraction of sp³-hybridized carbons (Fsp3) is 0.410. The minimum atomic E-state index is -1.27. The lowest BCUT2D eigenvalue weighted by Gasteiger charge is -2.32. The van der Waals surface area contributed by atoms with Crippen LogP contribution in [0.2, 0.25) is 0 Å². The second-order valence-electron chi connectivity index (χ2n) is 13.2. The third-order valence-electron chi connectivity index (χ3n) is 9.19. The van der Waals surface area contributed by atoms with E-state index in [0.29, 0.717) is 43.6 Å². The van der Waals surface area contributed by atoms with Crippen LogP contribution in [-0.4, -0.2) is 73.5 Å². The van der Waals surface area contributed by atoms with Crippen molar-refractivity contribution in [2.45, 2.75) is 76.4 Å². The molecule has 0 unspecified atom stereocenters. The first-order chi connectivity index (χ1) is 24.6. The van der Waals surface area contributed by atoms with Crippen LogP contribution in [0.25, 0.3) is 0 Å². The molecule has 270 valence electrons. The normalized spacial score (nSPS) is 20.0. The zero-order chi connectivity index (χ0) is 36.2. The van der Waals surface area contributed by atoms with Crippen LogP contribution in [0.3, 0.4) is 0 Å². The van der Waals surface area contributed by atoms with E-state index in [4.69, 9.17) is 9.47 Å². The molecule has 12 heteroatoms. The summed E-state index contributed by atoms with van der Waals surface area (Å²) in [7, 11) is 0. The van der Waals surface area contributed by atoms with Crippen LogP contribution in [0.5, 0.6) is 11.5 Å². The Morgan fingerprint density at radius 3 is 2.43 bits per heavy atom. The summed E-state index contributed by atoms with van der Waals surface area (Å²) in [5.74, 6) is -1.60. The average Bonchev–Trinajstić information content (AvgIpc) is 3.59. The highest BCUT2D eigenvalue weighted by Crippen LogP contribution is 2.30. The van der Waals surface area contributed by atoms with Gasteiger partial charge in [0.1, 0.15) is 35.7 Å². The number of amides is 5. The first-order valence-corrected chi connectivity index (χ1v) is 17.6. The van der Waals surface area contributed by atoms with Gasteiger partial charge in [-0.2, -0.15) is 0 Å². The smallest absolute Gasteiger partial charge is 0.255 e. The maximum atomic E-state index is 14.0. The van der Waals surface area contributed by atoms with Crippen molar-refractivity contribution in [3.8, 4) is 11.5 Å². The lowest BCUT2D eigenvalue weighted by atomic mass is 9.94. The fourth-order valence-electron chi connectivity index (χ4n) is 6.48. The number of rotatable bonds is 7. The molecule has 2 atom stereocenters. The highest BCUT2D eigenvalue weighted by molar-refractivity contribution is 6.01. The predicted octanol–water partition coefficient (Wildman–Crippen LogP) is 3.04. The van der Waals surface area contributed by atoms with Gasteiger partial charge in [0, 0.05) is 13.0 Å². The third kappa shape index (κ3) is 10.1. The SMILES string of the molecule is Cc1ccc(OCCNC(=O)[C@@H]2CC(=O)NC3(CCCC3)C(=O)N[C@@H](Cc3ccccc3)C(=O)NCCCOc3ccccc3C(=O)N2)c(C)c1. The number of carbonyl (C=O) groups is 5. The second kappa shape index (κ2) is 17.5. The molecule has 3 aromatic rings. The molecular weight excluding hydrogens is 650 g/mol. The molecule has 1 saturated carbocycles. The number of nitrogens with one attached hydrogen (secondary N) is 5. The third-order valence-corrected chi connectivity index (χ3v) is 9.19. The summed E-state index contributed by atoms with van der Waals surface area (Å²) in [4.78, 5) is 68.3. The molecule has 0 aromatic heterocycles. The van der Waals surface area contributed by atoms with E-state index >= 15 is 0 Å². The number of para-hydroxylation sites is 1. The quantitative estimate of drug-likeness (QED) is 0.237. The Balaban J connectivity index is 1.36. The summed E-state index contributed by atoms with van der Waals surface area (Å²) in [5, 5.41) is 14.2. The Morgan fingerprint density at radius 2 is 1.67 bits per heavy atom. The van der Waals surface area contributed by atoms with E-state index < -0.39 is 47.7 Å². The predicted molar refractivity (Wildman–Crippen MR) is 191 cm³/mol. The van der Waals surface area contributed by atoms with Gasteiger partial charge in [-0.3, -0.25) is 24.0 Å². The molecule has 51 heavy (non-hydrogen) atoms. The standard InChI is InChI=1S/C39H47N5O7/c1-26-15-16-32(27(2)23-26)51-22-20-41-37(48)31-25-34(45)44-39(17-8-9-18-39)38(49)43-30(24-28-11-4-3-5-12-28)36(47)40-19-10-21-50-33-14-7-6-13-29(33)35(46)42-31/h3-7,11-16,23,30-31H,8-10,17-22,24-25H2,1-2H3,(H,40,47)(H,41,48)(H,42,46)(H,43,49)(H,44,45)/t30-,31-/m0/s1. The van der Waals surface area contributed by atoms with E-state index in [1.54, 1.807) is 24.3 Å². The number of hydrogen-bond acceptors (Lipinski definition) is 7. The molecule has 5 rings (SSSR count). The van der Waals surface area contributed by atoms with Gasteiger partial charge >= 0.3 is 0 Å². The molecular formula is C39H47N5O7. The second-order valence-corrected chi connectivity index (χ2v) is 13.2. The average molecular weight is 698 g/mol. The van der Waals surface area contributed by atoms with Crippen LogP contribution in [0.1, 0.15) is 65.6 Å². The maximum Gasteiger partial charge on any atom is 0.255 e. The Labute approximate surface area is 298 Å². The van der Waals surface area contributed by atoms with E-state index in [0.717, 1.165) is 16.7 Å². The van der Waals surface area contributed by atoms with E-state index in [-0.39, 0.29) is 44.2 Å². The summed E-state index contributed by atoms with van der Waals surface area (Å²) >= 11 is 0. The summed E-state index contributed by atoms with van der Waals surface area (Å²) in [6, 6.07) is 19.7. The van der Waals surface area contributed by atoms with Crippen LogP contribution in [0, 0.1) is 13.8 Å². The van der Waals surface area contributed by atoms with Crippen LogP contribution in [-0.2, 0) is 25.6 Å². The summed E-state index contributed by atoms with van der Waals surface area (Å²) in [5.41, 5.74) is 1.85. The van der Waals surface area contributed by atoms with Gasteiger partial charge in [0.2, 0.25) is 23.6 Å². The van der Waals surface area contributed by atoms with Crippen LogP contribution in [0.4, 0.5) is 0 Å². The monoisotopic (exact) mass is 697 g/mol. The lowest BCUT2D eigenvalue weighted by molar-refractivity contribution is -0.136. The number of aryl methyl sites for hydroxylation is 2. The minimum absolute atomic E-state index is 0.122. The van der Waals surface area contributed by atoms with E-state index in [9.17, 15) is 24.0 Å². The zero-order valence-electron chi connectivity index (χ0n) is 29.2. The Hall–Kier alpha value is -5.39. The van der Waals surface area contributed by atoms with Crippen molar-refractivity contribution in [3.63, 3.8) is 0 Å². The van der Waals surface area contributed by atoms with Crippen LogP contribution in [0.15, 0.2) is 72.8 Å². The lowest BCUT2D eigenvalue weighted by Crippen LogP contribution is -2.62. The van der Waals surface area contributed by atoms with Gasteiger partial charge in [-0.05, 0) is 62.4 Å². The minimum Gasteiger partial charge on any atom is -0.493 e. The van der Waals surface area contributed by atoms with E-state index in [2.05, 4.69) is 26.6 Å². The van der Waals surface area contributed by atoms with Gasteiger partial charge in [0.05, 0.1) is 25.1 Å². The number of ether oxygens (including phenoxy) is 2. The van der Waals surface area contributed by atoms with Gasteiger partial charge in [0.25, 0.3) is 5.91 Å². The van der Waals surface area contributed by atoms with Crippen molar-refractivity contribution in [2.75, 3.05) is 26.3 Å². The van der Waals surface area contributed by atoms with Crippen LogP contribution < -0.4 is 36.1 Å². The summed E-state index contributed by atoms with van der Waals surface area (Å²) < 4.78 is 11.8. The van der Waals surface area contributed by atoms with Crippen molar-refractivity contribution >= 4 is 29.5 Å². The molecule has 1 heterocycles. The van der Waals surface area contributed by atoms with Crippen molar-refractivity contribution in [2.24, 2.45) is 0 Å². The molecule has 1 spiro atoms. The molecule has 5 N–H and O–H groups in total. The highest BCUT2D eigenvalue weighted by Gasteiger charge is 2.44. The Kier molecular flexibility index (Phi) is 12.7. The molecule has 0 bridgehead atoms. The van der Waals surface area contributed by atoms with Gasteiger partial charge in [-0.15, -0.1) is 0 Å². The van der Waals surface area contributed by atoms with Gasteiger partial charge in [-0.25, -0.2) is 0 Å². The van der Waals surface area contributed by atoms with Gasteiger partial charge < -0.3 is 36.1 Å². The first-order valence-electron chi connectivity index (χ1n) is 17.6. The molecule has 1 aliphatic heterocycles. The molecule has 2 aliphatic rings. The van der Waals surface area contributed by atoms with Crippen molar-refractivity contribution in [1.29, 1.82) is 0 Å². The Bertz CT molecular complexity index is 1710. The first kappa shape index (κ1) is 36.9. The number of carbonyl (C=O) groups excluding carboxylic acids is 5. The van der Waals surface area contributed by atoms with Gasteiger partial charge in [0.15, 0.2) is 0 Å². The molecule has 12 nitrogen and oxygen atoms in total. The number of benzene rings is 3. The fourth-order valence-corrected chi connectivity index (χ4v) is 6.48. The van der Waals surface area contributed by atoms with Gasteiger partial charge in [-0.1, -0.05) is 73.0 Å². The Morgan fingerprint density at radius 1 is 0.922 bits per heavy atom. The molecule has 0 saturated heterocycles. The molecule has 1 fully saturated rings. The number of fused-ring (bicyclic) bond motifs is 1. The largest absolute Gasteiger partial charge is 0.493 e. The maximum absolute atomic E-state index is 14.0. The van der Waals surface area contributed by atoms with E-state index in [1.165, 1.54) is 0 Å². The van der Waals surface area contributed by atoms with Crippen molar-refractivity contribution in [1.82, 2.24) is 26.6 Å². The molecule has 1 aliphatic carbocycles. The van der Waals surface area contributed by atoms with Crippen molar-refractivity contribution < 1.29 is 33.4 Å². The van der Waals surface area contributed by atoms with Crippen molar-refractivity contribution in [3.05, 3.63) is 95.1 Å². The number of hydrogen-bond donors (Lipinski definition) is 5.